The Hall–Kier alpha value is -1.47. The van der Waals surface area contributed by atoms with Crippen LogP contribution in [0, 0.1) is 5.82 Å². The molecule has 0 bridgehead atoms. The maximum atomic E-state index is 12.9. The minimum atomic E-state index is -2.06. The van der Waals surface area contributed by atoms with Crippen molar-refractivity contribution in [1.29, 1.82) is 0 Å². The van der Waals surface area contributed by atoms with E-state index in [0.29, 0.717) is 0 Å². The van der Waals surface area contributed by atoms with Crippen molar-refractivity contribution in [3.63, 3.8) is 0 Å². The lowest BCUT2D eigenvalue weighted by atomic mass is 9.85. The molecule has 14 heavy (non-hydrogen) atoms. The van der Waals surface area contributed by atoms with Gasteiger partial charge in [0.15, 0.2) is 0 Å². The van der Waals surface area contributed by atoms with Crippen molar-refractivity contribution >= 4 is 18.7 Å². The number of hydrogen-bond acceptors (Lipinski definition) is 5. The Labute approximate surface area is 79.3 Å². The Balaban J connectivity index is 3.13. The fourth-order valence-electron chi connectivity index (χ4n) is 0.857. The Bertz CT molecular complexity index is 358. The maximum Gasteiger partial charge on any atom is 0.511 e. The number of carbonyl (C=O) groups excluding carboxylic acids is 1. The summed E-state index contributed by atoms with van der Waals surface area (Å²) in [6.07, 6.45) is 0. The zero-order valence-electron chi connectivity index (χ0n) is 7.27. The summed E-state index contributed by atoms with van der Waals surface area (Å²) in [6, 6.07) is 2.00. The van der Waals surface area contributed by atoms with Gasteiger partial charge >= 0.3 is 13.1 Å². The molecule has 0 aliphatic carbocycles. The zero-order chi connectivity index (χ0) is 10.7. The summed E-state index contributed by atoms with van der Waals surface area (Å²) >= 11 is 0. The van der Waals surface area contributed by atoms with Gasteiger partial charge in [-0.1, -0.05) is 0 Å². The molecule has 7 heteroatoms. The number of hydrogen-bond donors (Lipinski definition) is 2. The number of methoxy groups -OCH3 is 1. The van der Waals surface area contributed by atoms with Crippen LogP contribution in [0.5, 0.6) is 0 Å². The van der Waals surface area contributed by atoms with Gasteiger partial charge in [0.25, 0.3) is 0 Å². The minimum absolute atomic E-state index is 0.183. The van der Waals surface area contributed by atoms with E-state index >= 15 is 0 Å². The molecule has 1 aromatic rings. The van der Waals surface area contributed by atoms with E-state index in [2.05, 4.69) is 9.72 Å². The average molecular weight is 199 g/mol. The number of halogens is 1. The molecule has 0 unspecified atom stereocenters. The van der Waals surface area contributed by atoms with Crippen LogP contribution in [0.15, 0.2) is 12.1 Å². The van der Waals surface area contributed by atoms with Gasteiger partial charge in [-0.15, -0.1) is 0 Å². The van der Waals surface area contributed by atoms with Crippen LogP contribution < -0.4 is 5.59 Å². The van der Waals surface area contributed by atoms with Gasteiger partial charge in [0.1, 0.15) is 17.1 Å². The highest BCUT2D eigenvalue weighted by Gasteiger charge is 2.20. The van der Waals surface area contributed by atoms with Crippen molar-refractivity contribution < 1.29 is 24.0 Å². The fourth-order valence-corrected chi connectivity index (χ4v) is 0.857. The summed E-state index contributed by atoms with van der Waals surface area (Å²) in [7, 11) is -0.915. The molecule has 1 heterocycles. The van der Waals surface area contributed by atoms with Crippen molar-refractivity contribution in [2.24, 2.45) is 0 Å². The quantitative estimate of drug-likeness (QED) is 0.456. The van der Waals surface area contributed by atoms with E-state index in [1.54, 1.807) is 0 Å². The van der Waals surface area contributed by atoms with E-state index in [1.807, 2.05) is 0 Å². The molecule has 0 radical (unpaired) electrons. The van der Waals surface area contributed by atoms with Crippen LogP contribution in [0.25, 0.3) is 0 Å². The monoisotopic (exact) mass is 199 g/mol. The molecule has 0 amide bonds. The summed E-state index contributed by atoms with van der Waals surface area (Å²) < 4.78 is 17.2. The smallest absolute Gasteiger partial charge is 0.464 e. The minimum Gasteiger partial charge on any atom is -0.464 e. The number of rotatable bonds is 2. The van der Waals surface area contributed by atoms with Crippen LogP contribution in [0.4, 0.5) is 4.39 Å². The zero-order valence-corrected chi connectivity index (χ0v) is 7.27. The molecule has 0 fully saturated rings. The Kier molecular flexibility index (Phi) is 3.16. The average Bonchev–Trinajstić information content (AvgIpc) is 2.17. The van der Waals surface area contributed by atoms with Crippen LogP contribution in [-0.2, 0) is 4.74 Å². The van der Waals surface area contributed by atoms with Crippen molar-refractivity contribution in [2.45, 2.75) is 0 Å². The second-order valence-corrected chi connectivity index (χ2v) is 2.43. The van der Waals surface area contributed by atoms with E-state index in [1.165, 1.54) is 0 Å². The molecule has 0 saturated carbocycles. The first-order valence-electron chi connectivity index (χ1n) is 3.67. The molecule has 1 rings (SSSR count). The predicted octanol–water partition coefficient (Wildman–Crippen LogP) is -1.31. The Morgan fingerprint density at radius 1 is 1.57 bits per heavy atom. The number of esters is 1. The Morgan fingerprint density at radius 2 is 2.21 bits per heavy atom. The normalized spacial score (nSPS) is 9.71. The summed E-state index contributed by atoms with van der Waals surface area (Å²) in [5.41, 5.74) is -0.787. The van der Waals surface area contributed by atoms with Crippen LogP contribution >= 0.6 is 0 Å². The van der Waals surface area contributed by atoms with Gasteiger partial charge in [0.2, 0.25) is 0 Å². The van der Waals surface area contributed by atoms with Crippen LogP contribution in [0.1, 0.15) is 10.5 Å². The highest BCUT2D eigenvalue weighted by molar-refractivity contribution is 6.57. The SMILES string of the molecule is COC(=O)c1ccc(F)c(B(O)O)n1. The molecule has 0 spiro atoms. The predicted molar refractivity (Wildman–Crippen MR) is 45.4 cm³/mol. The number of pyridine rings is 1. The molecule has 2 N–H and O–H groups in total. The Morgan fingerprint density at radius 3 is 2.71 bits per heavy atom. The summed E-state index contributed by atoms with van der Waals surface area (Å²) in [5.74, 6) is -1.67. The third-order valence-electron chi connectivity index (χ3n) is 1.51. The third kappa shape index (κ3) is 2.07. The van der Waals surface area contributed by atoms with E-state index in [0.717, 1.165) is 19.2 Å². The molecule has 0 saturated heterocycles. The van der Waals surface area contributed by atoms with Crippen LogP contribution in [0.3, 0.4) is 0 Å². The molecule has 1 aromatic heterocycles. The third-order valence-corrected chi connectivity index (χ3v) is 1.51. The van der Waals surface area contributed by atoms with E-state index in [-0.39, 0.29) is 5.69 Å². The van der Waals surface area contributed by atoms with E-state index < -0.39 is 24.5 Å². The molecular formula is C7H7BFNO4. The van der Waals surface area contributed by atoms with Gasteiger partial charge < -0.3 is 14.8 Å². The maximum absolute atomic E-state index is 12.9. The second kappa shape index (κ2) is 4.16. The number of nitrogens with zero attached hydrogens (tertiary/aromatic N) is 1. The highest BCUT2D eigenvalue weighted by Crippen LogP contribution is 1.98. The van der Waals surface area contributed by atoms with Crippen LogP contribution in [0.2, 0.25) is 0 Å². The van der Waals surface area contributed by atoms with Gasteiger partial charge in [-0.05, 0) is 12.1 Å². The van der Waals surface area contributed by atoms with E-state index in [4.69, 9.17) is 10.0 Å². The largest absolute Gasteiger partial charge is 0.511 e. The number of carbonyl (C=O) groups is 1. The molecule has 0 atom stereocenters. The standard InChI is InChI=1S/C7H7BFNO4/c1-14-7(11)5-3-2-4(9)6(10-5)8(12)13/h2-3,12-13H,1H3. The first kappa shape index (κ1) is 10.6. The number of aromatic nitrogens is 1. The first-order chi connectivity index (χ1) is 6.56. The fraction of sp³-hybridized carbons (Fsp3) is 0.143. The van der Waals surface area contributed by atoms with Gasteiger partial charge in [0.05, 0.1) is 7.11 Å². The molecule has 0 aliphatic rings. The lowest BCUT2D eigenvalue weighted by molar-refractivity contribution is 0.0594. The molecule has 5 nitrogen and oxygen atoms in total. The van der Waals surface area contributed by atoms with Gasteiger partial charge in [-0.25, -0.2) is 14.2 Å². The number of ether oxygens (including phenoxy) is 1. The van der Waals surface area contributed by atoms with E-state index in [9.17, 15) is 9.18 Å². The summed E-state index contributed by atoms with van der Waals surface area (Å²) in [4.78, 5) is 14.3. The first-order valence-corrected chi connectivity index (χ1v) is 3.67. The van der Waals surface area contributed by atoms with Crippen molar-refractivity contribution in [3.8, 4) is 0 Å². The molecule has 0 aromatic carbocycles. The van der Waals surface area contributed by atoms with Gasteiger partial charge in [0, 0.05) is 0 Å². The molecular weight excluding hydrogens is 192 g/mol. The van der Waals surface area contributed by atoms with Gasteiger partial charge in [-0.2, -0.15) is 0 Å². The van der Waals surface area contributed by atoms with Gasteiger partial charge in [-0.3, -0.25) is 0 Å². The van der Waals surface area contributed by atoms with Crippen molar-refractivity contribution in [3.05, 3.63) is 23.6 Å². The van der Waals surface area contributed by atoms with Crippen LogP contribution in [-0.4, -0.2) is 35.2 Å². The lowest BCUT2D eigenvalue weighted by Crippen LogP contribution is -2.36. The summed E-state index contributed by atoms with van der Waals surface area (Å²) in [6.45, 7) is 0. The topological polar surface area (TPSA) is 79.7 Å². The second-order valence-electron chi connectivity index (χ2n) is 2.43. The molecule has 0 aliphatic heterocycles. The van der Waals surface area contributed by atoms with Crippen molar-refractivity contribution in [1.82, 2.24) is 4.98 Å². The highest BCUT2D eigenvalue weighted by atomic mass is 19.1. The summed E-state index contributed by atoms with van der Waals surface area (Å²) in [5, 5.41) is 17.4. The molecule has 74 valence electrons. The lowest BCUT2D eigenvalue weighted by Gasteiger charge is -2.03. The van der Waals surface area contributed by atoms with Crippen molar-refractivity contribution in [2.75, 3.05) is 7.11 Å².